The second-order valence-corrected chi connectivity index (χ2v) is 4.41. The van der Waals surface area contributed by atoms with Crippen LogP contribution in [0.2, 0.25) is 0 Å². The van der Waals surface area contributed by atoms with Gasteiger partial charge in [-0.2, -0.15) is 0 Å². The van der Waals surface area contributed by atoms with Gasteiger partial charge in [-0.1, -0.05) is 0 Å². The maximum Gasteiger partial charge on any atom is 0.194 e. The lowest BCUT2D eigenvalue weighted by Gasteiger charge is -2.09. The molecule has 0 N–H and O–H groups in total. The first-order valence-electron chi connectivity index (χ1n) is 5.69. The summed E-state index contributed by atoms with van der Waals surface area (Å²) in [6, 6.07) is 5.46. The van der Waals surface area contributed by atoms with Crippen molar-refractivity contribution in [3.05, 3.63) is 29.6 Å². The second-order valence-electron chi connectivity index (χ2n) is 4.41. The third kappa shape index (κ3) is 2.27. The summed E-state index contributed by atoms with van der Waals surface area (Å²) in [5.41, 5.74) is 0.591. The predicted molar refractivity (Wildman–Crippen MR) is 60.0 cm³/mol. The highest BCUT2D eigenvalue weighted by Crippen LogP contribution is 2.35. The van der Waals surface area contributed by atoms with Gasteiger partial charge in [-0.05, 0) is 37.8 Å². The molecule has 0 heterocycles. The van der Waals surface area contributed by atoms with E-state index in [1.165, 1.54) is 0 Å². The largest absolute Gasteiger partial charge is 0.492 e. The summed E-state index contributed by atoms with van der Waals surface area (Å²) in [6.07, 6.45) is 5.22. The molecule has 3 heteroatoms. The van der Waals surface area contributed by atoms with Crippen LogP contribution in [0.15, 0.2) is 18.2 Å². The summed E-state index contributed by atoms with van der Waals surface area (Å²) >= 11 is 0. The molecule has 0 saturated heterocycles. The minimum absolute atomic E-state index is 0.356. The Morgan fingerprint density at radius 3 is 1.81 bits per heavy atom. The first-order valence-corrected chi connectivity index (χ1v) is 5.69. The van der Waals surface area contributed by atoms with E-state index in [9.17, 15) is 0 Å². The van der Waals surface area contributed by atoms with Crippen LogP contribution in [0.5, 0.6) is 11.5 Å². The first kappa shape index (κ1) is 9.53. The molecule has 1 aromatic rings. The number of rotatable bonds is 4. The molecule has 2 fully saturated rings. The van der Waals surface area contributed by atoms with E-state index in [1.54, 1.807) is 12.1 Å². The maximum absolute atomic E-state index is 7.05. The fraction of sp³-hybridized carbons (Fsp3) is 0.462. The molecule has 0 aromatic heterocycles. The van der Waals surface area contributed by atoms with Crippen LogP contribution >= 0.6 is 0 Å². The Kier molecular flexibility index (Phi) is 2.21. The van der Waals surface area contributed by atoms with Crippen LogP contribution in [0.4, 0.5) is 5.69 Å². The van der Waals surface area contributed by atoms with E-state index < -0.39 is 0 Å². The van der Waals surface area contributed by atoms with Crippen LogP contribution in [0.1, 0.15) is 25.7 Å². The van der Waals surface area contributed by atoms with Gasteiger partial charge in [0, 0.05) is 6.07 Å². The molecule has 0 bridgehead atoms. The third-order valence-corrected chi connectivity index (χ3v) is 2.65. The maximum atomic E-state index is 7.05. The quantitative estimate of drug-likeness (QED) is 0.719. The van der Waals surface area contributed by atoms with Gasteiger partial charge in [0.25, 0.3) is 0 Å². The number of hydrogen-bond acceptors (Lipinski definition) is 2. The molecule has 3 nitrogen and oxygen atoms in total. The number of hydrogen-bond donors (Lipinski definition) is 0. The van der Waals surface area contributed by atoms with Crippen LogP contribution in [-0.4, -0.2) is 12.2 Å². The molecule has 2 aliphatic carbocycles. The Morgan fingerprint density at radius 2 is 1.44 bits per heavy atom. The van der Waals surface area contributed by atoms with Gasteiger partial charge in [0.1, 0.15) is 11.5 Å². The van der Waals surface area contributed by atoms with E-state index >= 15 is 0 Å². The molecule has 3 rings (SSSR count). The van der Waals surface area contributed by atoms with E-state index in [-0.39, 0.29) is 0 Å². The highest BCUT2D eigenvalue weighted by molar-refractivity contribution is 5.54. The van der Waals surface area contributed by atoms with Crippen LogP contribution < -0.4 is 9.47 Å². The molecular formula is C13H13NO2. The zero-order chi connectivity index (χ0) is 11.0. The fourth-order valence-electron chi connectivity index (χ4n) is 1.51. The molecule has 0 atom stereocenters. The van der Waals surface area contributed by atoms with Crippen molar-refractivity contribution in [2.75, 3.05) is 0 Å². The second kappa shape index (κ2) is 3.71. The monoisotopic (exact) mass is 215 g/mol. The molecule has 0 amide bonds. The minimum Gasteiger partial charge on any atom is -0.492 e. The predicted octanol–water partition coefficient (Wildman–Crippen LogP) is 3.32. The van der Waals surface area contributed by atoms with Gasteiger partial charge in [-0.15, -0.1) is 0 Å². The SMILES string of the molecule is [C-]#[N+]c1cc(OC2CC2)cc(OC2CC2)c1. The van der Waals surface area contributed by atoms with Crippen molar-refractivity contribution in [2.45, 2.75) is 37.9 Å². The molecule has 0 spiro atoms. The van der Waals surface area contributed by atoms with Crippen LogP contribution in [0.3, 0.4) is 0 Å². The lowest BCUT2D eigenvalue weighted by molar-refractivity contribution is 0.287. The standard InChI is InChI=1S/C13H13NO2/c1-14-9-6-12(15-10-2-3-10)8-13(7-9)16-11-4-5-11/h6-8,10-11H,2-5H2. The van der Waals surface area contributed by atoms with Gasteiger partial charge in [-0.3, -0.25) is 0 Å². The molecule has 82 valence electrons. The normalized spacial score (nSPS) is 18.9. The average molecular weight is 215 g/mol. The zero-order valence-corrected chi connectivity index (χ0v) is 8.98. The minimum atomic E-state index is 0.356. The molecule has 0 radical (unpaired) electrons. The lowest BCUT2D eigenvalue weighted by atomic mass is 10.3. The topological polar surface area (TPSA) is 22.8 Å². The van der Waals surface area contributed by atoms with Gasteiger partial charge in [-0.25, -0.2) is 4.85 Å². The van der Waals surface area contributed by atoms with Crippen molar-refractivity contribution in [2.24, 2.45) is 0 Å². The van der Waals surface area contributed by atoms with Crippen molar-refractivity contribution < 1.29 is 9.47 Å². The highest BCUT2D eigenvalue weighted by Gasteiger charge is 2.25. The van der Waals surface area contributed by atoms with Crippen LogP contribution in [-0.2, 0) is 0 Å². The summed E-state index contributed by atoms with van der Waals surface area (Å²) in [7, 11) is 0. The molecule has 2 saturated carbocycles. The van der Waals surface area contributed by atoms with Crippen molar-refractivity contribution in [1.29, 1.82) is 0 Å². The Hall–Kier alpha value is -1.69. The van der Waals surface area contributed by atoms with Gasteiger partial charge in [0.15, 0.2) is 5.69 Å². The summed E-state index contributed by atoms with van der Waals surface area (Å²) < 4.78 is 11.4. The molecule has 1 aromatic carbocycles. The van der Waals surface area contributed by atoms with E-state index in [1.807, 2.05) is 6.07 Å². The summed E-state index contributed by atoms with van der Waals surface area (Å²) in [6.45, 7) is 7.05. The molecule has 16 heavy (non-hydrogen) atoms. The Bertz CT molecular complexity index is 409. The molecule has 2 aliphatic rings. The van der Waals surface area contributed by atoms with E-state index in [0.717, 1.165) is 37.2 Å². The molecule has 0 unspecified atom stereocenters. The number of ether oxygens (including phenoxy) is 2. The van der Waals surface area contributed by atoms with Gasteiger partial charge in [0.05, 0.1) is 18.8 Å². The van der Waals surface area contributed by atoms with Crippen LogP contribution in [0.25, 0.3) is 4.85 Å². The molecular weight excluding hydrogens is 202 g/mol. The van der Waals surface area contributed by atoms with Crippen molar-refractivity contribution in [3.8, 4) is 11.5 Å². The third-order valence-electron chi connectivity index (χ3n) is 2.65. The summed E-state index contributed by atoms with van der Waals surface area (Å²) in [5, 5.41) is 0. The Labute approximate surface area is 94.8 Å². The smallest absolute Gasteiger partial charge is 0.194 e. The van der Waals surface area contributed by atoms with Gasteiger partial charge < -0.3 is 9.47 Å². The Balaban J connectivity index is 1.81. The fourth-order valence-corrected chi connectivity index (χ4v) is 1.51. The van der Waals surface area contributed by atoms with Crippen molar-refractivity contribution >= 4 is 5.69 Å². The van der Waals surface area contributed by atoms with E-state index in [2.05, 4.69) is 4.85 Å². The molecule has 0 aliphatic heterocycles. The van der Waals surface area contributed by atoms with Crippen molar-refractivity contribution in [1.82, 2.24) is 0 Å². The lowest BCUT2D eigenvalue weighted by Crippen LogP contribution is -1.98. The summed E-state index contributed by atoms with van der Waals surface area (Å²) in [4.78, 5) is 3.44. The van der Waals surface area contributed by atoms with E-state index in [0.29, 0.717) is 17.9 Å². The first-order chi connectivity index (χ1) is 7.83. The Morgan fingerprint density at radius 1 is 0.938 bits per heavy atom. The van der Waals surface area contributed by atoms with Crippen molar-refractivity contribution in [3.63, 3.8) is 0 Å². The van der Waals surface area contributed by atoms with E-state index in [4.69, 9.17) is 16.0 Å². The van der Waals surface area contributed by atoms with Crippen LogP contribution in [0, 0.1) is 6.57 Å². The van der Waals surface area contributed by atoms with Gasteiger partial charge in [0.2, 0.25) is 0 Å². The number of nitrogens with zero attached hydrogens (tertiary/aromatic N) is 1. The summed E-state index contributed by atoms with van der Waals surface area (Å²) in [5.74, 6) is 1.54. The van der Waals surface area contributed by atoms with Gasteiger partial charge >= 0.3 is 0 Å². The average Bonchev–Trinajstić information content (AvgIpc) is 3.13. The highest BCUT2D eigenvalue weighted by atomic mass is 16.5. The zero-order valence-electron chi connectivity index (χ0n) is 8.98. The number of benzene rings is 1.